The number of carbonyl (C=O) groups excluding carboxylic acids is 2. The number of hydrogen-bond donors (Lipinski definition) is 3. The van der Waals surface area contributed by atoms with E-state index in [4.69, 9.17) is 0 Å². The molecule has 3 aromatic heterocycles. The van der Waals surface area contributed by atoms with E-state index in [1.54, 1.807) is 18.5 Å². The molecule has 2 fully saturated rings. The largest absolute Gasteiger partial charge is 0.329 e. The van der Waals surface area contributed by atoms with Crippen molar-refractivity contribution >= 4 is 28.4 Å². The van der Waals surface area contributed by atoms with Crippen molar-refractivity contribution in [3.8, 4) is 0 Å². The molecular weight excluding hydrogens is 425 g/mol. The highest BCUT2D eigenvalue weighted by Gasteiger charge is 2.43. The molecule has 3 aromatic rings. The molecular formula is C23H26FN7O2. The van der Waals surface area contributed by atoms with Crippen molar-refractivity contribution in [1.29, 1.82) is 0 Å². The van der Waals surface area contributed by atoms with Gasteiger partial charge in [0.05, 0.1) is 17.4 Å². The lowest BCUT2D eigenvalue weighted by atomic mass is 9.80. The number of rotatable bonds is 5. The molecule has 0 bridgehead atoms. The molecule has 0 aromatic carbocycles. The predicted octanol–water partition coefficient (Wildman–Crippen LogP) is 2.56. The Morgan fingerprint density at radius 3 is 2.85 bits per heavy atom. The van der Waals surface area contributed by atoms with Crippen LogP contribution in [0.1, 0.15) is 55.1 Å². The van der Waals surface area contributed by atoms with Crippen LogP contribution in [0.3, 0.4) is 0 Å². The molecule has 172 valence electrons. The number of nitrogens with one attached hydrogen (secondary N) is 3. The molecule has 0 radical (unpaired) electrons. The SMILES string of the molecule is CC(C)n1cc(C(=O)c2cncc(NC(=O)C3NNC4CCC(F)CC43)c2)c2cncnc21. The lowest BCUT2D eigenvalue weighted by Crippen LogP contribution is -2.43. The van der Waals surface area contributed by atoms with Crippen LogP contribution >= 0.6 is 0 Å². The minimum Gasteiger partial charge on any atom is -0.329 e. The highest BCUT2D eigenvalue weighted by molar-refractivity contribution is 6.16. The Labute approximate surface area is 190 Å². The van der Waals surface area contributed by atoms with Crippen LogP contribution in [0.4, 0.5) is 10.1 Å². The number of fused-ring (bicyclic) bond motifs is 2. The molecule has 33 heavy (non-hydrogen) atoms. The molecule has 2 aliphatic rings. The lowest BCUT2D eigenvalue weighted by Gasteiger charge is -2.28. The summed E-state index contributed by atoms with van der Waals surface area (Å²) >= 11 is 0. The van der Waals surface area contributed by atoms with E-state index in [0.717, 1.165) is 0 Å². The normalized spacial score (nSPS) is 24.7. The van der Waals surface area contributed by atoms with Crippen molar-refractivity contribution in [3.63, 3.8) is 0 Å². The predicted molar refractivity (Wildman–Crippen MR) is 120 cm³/mol. The van der Waals surface area contributed by atoms with Crippen molar-refractivity contribution in [2.75, 3.05) is 5.32 Å². The van der Waals surface area contributed by atoms with Crippen LogP contribution in [0.5, 0.6) is 0 Å². The smallest absolute Gasteiger partial charge is 0.243 e. The van der Waals surface area contributed by atoms with Gasteiger partial charge in [0.25, 0.3) is 0 Å². The van der Waals surface area contributed by atoms with Crippen LogP contribution in [0, 0.1) is 5.92 Å². The molecule has 0 spiro atoms. The molecule has 4 heterocycles. The van der Waals surface area contributed by atoms with E-state index < -0.39 is 12.2 Å². The molecule has 9 nitrogen and oxygen atoms in total. The van der Waals surface area contributed by atoms with E-state index in [-0.39, 0.29) is 29.7 Å². The standard InChI is InChI=1S/C23H26FN7O2/c1-12(2)31-10-18(17-9-26-11-27-22(17)31)21(32)13-5-15(8-25-7-13)28-23(33)20-16-6-14(24)3-4-19(16)29-30-20/h5,7-12,14,16,19-20,29-30H,3-4,6H2,1-2H3,(H,28,33). The fourth-order valence-electron chi connectivity index (χ4n) is 4.83. The van der Waals surface area contributed by atoms with Gasteiger partial charge in [-0.05, 0) is 39.2 Å². The summed E-state index contributed by atoms with van der Waals surface area (Å²) in [7, 11) is 0. The second-order valence-electron chi connectivity index (χ2n) is 9.03. The second kappa shape index (κ2) is 8.60. The molecule has 1 amide bonds. The molecule has 4 atom stereocenters. The molecule has 1 aliphatic carbocycles. The Hall–Kier alpha value is -3.24. The van der Waals surface area contributed by atoms with Gasteiger partial charge in [-0.2, -0.15) is 0 Å². The minimum absolute atomic E-state index is 0.0827. The summed E-state index contributed by atoms with van der Waals surface area (Å²) in [5.74, 6) is -0.625. The number of nitrogens with zero attached hydrogens (tertiary/aromatic N) is 4. The van der Waals surface area contributed by atoms with Crippen molar-refractivity contribution in [2.45, 2.75) is 57.4 Å². The number of halogens is 1. The Morgan fingerprint density at radius 2 is 2.03 bits per heavy atom. The number of pyridine rings is 1. The van der Waals surface area contributed by atoms with Crippen molar-refractivity contribution in [3.05, 3.63) is 48.3 Å². The third kappa shape index (κ3) is 4.00. The summed E-state index contributed by atoms with van der Waals surface area (Å²) in [5, 5.41) is 3.49. The molecule has 10 heteroatoms. The third-order valence-electron chi connectivity index (χ3n) is 6.53. The van der Waals surface area contributed by atoms with Gasteiger partial charge in [-0.15, -0.1) is 0 Å². The number of hydrazine groups is 1. The molecule has 1 aliphatic heterocycles. The van der Waals surface area contributed by atoms with Gasteiger partial charge in [0.1, 0.15) is 24.2 Å². The van der Waals surface area contributed by atoms with Crippen molar-refractivity contribution < 1.29 is 14.0 Å². The first-order valence-corrected chi connectivity index (χ1v) is 11.2. The highest BCUT2D eigenvalue weighted by atomic mass is 19.1. The summed E-state index contributed by atoms with van der Waals surface area (Å²) in [4.78, 5) is 38.8. The molecule has 5 rings (SSSR count). The number of ketones is 1. The summed E-state index contributed by atoms with van der Waals surface area (Å²) in [6, 6.07) is 1.26. The quantitative estimate of drug-likeness (QED) is 0.511. The zero-order chi connectivity index (χ0) is 23.1. The second-order valence-corrected chi connectivity index (χ2v) is 9.03. The van der Waals surface area contributed by atoms with Crippen LogP contribution in [0.2, 0.25) is 0 Å². The van der Waals surface area contributed by atoms with Crippen LogP contribution in [-0.4, -0.2) is 49.5 Å². The van der Waals surface area contributed by atoms with Gasteiger partial charge in [-0.1, -0.05) is 0 Å². The average Bonchev–Trinajstić information content (AvgIpc) is 3.40. The fourth-order valence-corrected chi connectivity index (χ4v) is 4.83. The van der Waals surface area contributed by atoms with Gasteiger partial charge in [0.2, 0.25) is 5.91 Å². The van der Waals surface area contributed by atoms with Gasteiger partial charge in [-0.3, -0.25) is 20.0 Å². The Balaban J connectivity index is 1.37. The molecule has 1 saturated heterocycles. The van der Waals surface area contributed by atoms with Crippen LogP contribution in [0.25, 0.3) is 11.0 Å². The van der Waals surface area contributed by atoms with Crippen LogP contribution in [0.15, 0.2) is 37.2 Å². The molecule has 4 unspecified atom stereocenters. The van der Waals surface area contributed by atoms with Gasteiger partial charge < -0.3 is 9.88 Å². The average molecular weight is 452 g/mol. The Morgan fingerprint density at radius 1 is 1.18 bits per heavy atom. The number of amides is 1. The van der Waals surface area contributed by atoms with Crippen LogP contribution < -0.4 is 16.2 Å². The molecule has 1 saturated carbocycles. The zero-order valence-electron chi connectivity index (χ0n) is 18.5. The topological polar surface area (TPSA) is 114 Å². The summed E-state index contributed by atoms with van der Waals surface area (Å²) in [6.45, 7) is 4.03. The maximum absolute atomic E-state index is 13.9. The third-order valence-corrected chi connectivity index (χ3v) is 6.53. The summed E-state index contributed by atoms with van der Waals surface area (Å²) in [6.07, 6.45) is 8.51. The number of aromatic nitrogens is 4. The maximum Gasteiger partial charge on any atom is 0.243 e. The van der Waals surface area contributed by atoms with Crippen molar-refractivity contribution in [2.24, 2.45) is 5.92 Å². The first kappa shape index (κ1) is 21.6. The monoisotopic (exact) mass is 451 g/mol. The summed E-state index contributed by atoms with van der Waals surface area (Å²) in [5.41, 5.74) is 8.04. The number of anilines is 1. The Bertz CT molecular complexity index is 1210. The van der Waals surface area contributed by atoms with E-state index in [1.165, 1.54) is 18.7 Å². The van der Waals surface area contributed by atoms with Gasteiger partial charge in [0, 0.05) is 47.5 Å². The summed E-state index contributed by atoms with van der Waals surface area (Å²) < 4.78 is 15.8. The maximum atomic E-state index is 13.9. The van der Waals surface area contributed by atoms with E-state index in [0.29, 0.717) is 47.1 Å². The van der Waals surface area contributed by atoms with Gasteiger partial charge >= 0.3 is 0 Å². The van der Waals surface area contributed by atoms with E-state index in [9.17, 15) is 14.0 Å². The van der Waals surface area contributed by atoms with Gasteiger partial charge in [0.15, 0.2) is 5.78 Å². The van der Waals surface area contributed by atoms with Crippen LogP contribution in [-0.2, 0) is 4.79 Å². The zero-order valence-corrected chi connectivity index (χ0v) is 18.5. The van der Waals surface area contributed by atoms with Crippen molar-refractivity contribution in [1.82, 2.24) is 30.4 Å². The first-order valence-electron chi connectivity index (χ1n) is 11.2. The van der Waals surface area contributed by atoms with E-state index in [2.05, 4.69) is 31.1 Å². The lowest BCUT2D eigenvalue weighted by molar-refractivity contribution is -0.119. The first-order chi connectivity index (χ1) is 15.9. The van der Waals surface area contributed by atoms with Gasteiger partial charge in [-0.25, -0.2) is 19.8 Å². The number of hydrogen-bond acceptors (Lipinski definition) is 7. The minimum atomic E-state index is -0.886. The number of alkyl halides is 1. The van der Waals surface area contributed by atoms with E-state index in [1.807, 2.05) is 18.4 Å². The molecule has 3 N–H and O–H groups in total. The fraction of sp³-hybridized carbons (Fsp3) is 0.435. The van der Waals surface area contributed by atoms with E-state index >= 15 is 0 Å². The number of carbonyl (C=O) groups is 2. The Kier molecular flexibility index (Phi) is 5.63. The highest BCUT2D eigenvalue weighted by Crippen LogP contribution is 2.32.